The summed E-state index contributed by atoms with van der Waals surface area (Å²) in [4.78, 5) is 12.8. The van der Waals surface area contributed by atoms with E-state index in [0.29, 0.717) is 5.69 Å². The van der Waals surface area contributed by atoms with E-state index in [2.05, 4.69) is 0 Å². The topological polar surface area (TPSA) is 73.6 Å². The number of hydrogen-bond donors (Lipinski definition) is 1. The third-order valence-corrected chi connectivity index (χ3v) is 3.32. The van der Waals surface area contributed by atoms with E-state index in [1.54, 1.807) is 11.9 Å². The van der Waals surface area contributed by atoms with E-state index in [1.807, 2.05) is 6.07 Å². The molecule has 2 atom stereocenters. The van der Waals surface area contributed by atoms with E-state index in [-0.39, 0.29) is 24.8 Å². The molecule has 1 saturated heterocycles. The van der Waals surface area contributed by atoms with Crippen LogP contribution in [-0.2, 0) is 9.53 Å². The average molecular weight is 264 g/mol. The Hall–Kier alpha value is -2.13. The van der Waals surface area contributed by atoms with Crippen LogP contribution in [-0.4, -0.2) is 37.4 Å². The standard InChI is InChI=1S/C13H13FN2O3/c1-16(12-7-19-6-10(12)13(17)18)11-3-2-9(14)4-8(11)5-15/h2-4,10,12H,6-7H2,1H3,(H,17,18). The summed E-state index contributed by atoms with van der Waals surface area (Å²) >= 11 is 0. The lowest BCUT2D eigenvalue weighted by Gasteiger charge is -2.29. The molecular formula is C13H13FN2O3. The van der Waals surface area contributed by atoms with E-state index >= 15 is 0 Å². The van der Waals surface area contributed by atoms with Crippen molar-refractivity contribution in [2.75, 3.05) is 25.2 Å². The number of carbonyl (C=O) groups is 1. The number of nitrogens with zero attached hydrogens (tertiary/aromatic N) is 2. The molecule has 1 aromatic carbocycles. The monoisotopic (exact) mass is 264 g/mol. The maximum absolute atomic E-state index is 13.1. The van der Waals surface area contributed by atoms with Gasteiger partial charge in [-0.25, -0.2) is 4.39 Å². The van der Waals surface area contributed by atoms with Crippen molar-refractivity contribution in [3.8, 4) is 6.07 Å². The van der Waals surface area contributed by atoms with Gasteiger partial charge in [-0.1, -0.05) is 0 Å². The number of carboxylic acid groups (broad SMARTS) is 1. The second kappa shape index (κ2) is 5.24. The second-order valence-corrected chi connectivity index (χ2v) is 4.43. The summed E-state index contributed by atoms with van der Waals surface area (Å²) < 4.78 is 18.3. The molecule has 1 aromatic rings. The van der Waals surface area contributed by atoms with Crippen molar-refractivity contribution in [3.05, 3.63) is 29.6 Å². The van der Waals surface area contributed by atoms with Gasteiger partial charge in [-0.2, -0.15) is 5.26 Å². The van der Waals surface area contributed by atoms with E-state index in [1.165, 1.54) is 12.1 Å². The number of ether oxygens (including phenoxy) is 1. The lowest BCUT2D eigenvalue weighted by molar-refractivity contribution is -0.141. The van der Waals surface area contributed by atoms with Gasteiger partial charge in [-0.05, 0) is 18.2 Å². The van der Waals surface area contributed by atoms with E-state index < -0.39 is 17.7 Å². The lowest BCUT2D eigenvalue weighted by Crippen LogP contribution is -2.41. The molecule has 5 nitrogen and oxygen atoms in total. The highest BCUT2D eigenvalue weighted by Crippen LogP contribution is 2.27. The van der Waals surface area contributed by atoms with Crippen LogP contribution in [0.5, 0.6) is 0 Å². The highest BCUT2D eigenvalue weighted by Gasteiger charge is 2.37. The molecule has 2 rings (SSSR count). The Morgan fingerprint density at radius 2 is 2.32 bits per heavy atom. The molecule has 0 saturated carbocycles. The van der Waals surface area contributed by atoms with Gasteiger partial charge in [0.2, 0.25) is 0 Å². The quantitative estimate of drug-likeness (QED) is 0.889. The van der Waals surface area contributed by atoms with Crippen LogP contribution in [0.1, 0.15) is 5.56 Å². The fraction of sp³-hybridized carbons (Fsp3) is 0.385. The molecule has 1 aliphatic rings. The average Bonchev–Trinajstić information content (AvgIpc) is 2.87. The zero-order chi connectivity index (χ0) is 14.0. The molecule has 6 heteroatoms. The predicted octanol–water partition coefficient (Wildman–Crippen LogP) is 1.23. The van der Waals surface area contributed by atoms with Gasteiger partial charge < -0.3 is 14.7 Å². The van der Waals surface area contributed by atoms with Gasteiger partial charge in [0.05, 0.1) is 30.5 Å². The van der Waals surface area contributed by atoms with Gasteiger partial charge in [0.1, 0.15) is 17.8 Å². The molecule has 1 heterocycles. The Kier molecular flexibility index (Phi) is 3.67. The Balaban J connectivity index is 2.32. The smallest absolute Gasteiger partial charge is 0.311 e. The van der Waals surface area contributed by atoms with E-state index in [4.69, 9.17) is 15.1 Å². The SMILES string of the molecule is CN(c1ccc(F)cc1C#N)C1COCC1C(=O)O. The minimum absolute atomic E-state index is 0.146. The van der Waals surface area contributed by atoms with Crippen molar-refractivity contribution in [3.63, 3.8) is 0 Å². The van der Waals surface area contributed by atoms with Crippen molar-refractivity contribution >= 4 is 11.7 Å². The molecule has 0 amide bonds. The minimum atomic E-state index is -0.935. The number of aliphatic carboxylic acids is 1. The van der Waals surface area contributed by atoms with E-state index in [0.717, 1.165) is 6.07 Å². The van der Waals surface area contributed by atoms with Gasteiger partial charge >= 0.3 is 5.97 Å². The second-order valence-electron chi connectivity index (χ2n) is 4.43. The van der Waals surface area contributed by atoms with Crippen LogP contribution in [0, 0.1) is 23.1 Å². The van der Waals surface area contributed by atoms with Crippen LogP contribution in [0.25, 0.3) is 0 Å². The zero-order valence-corrected chi connectivity index (χ0v) is 10.3. The van der Waals surface area contributed by atoms with Crippen molar-refractivity contribution in [2.45, 2.75) is 6.04 Å². The molecule has 0 radical (unpaired) electrons. The largest absolute Gasteiger partial charge is 0.481 e. The van der Waals surface area contributed by atoms with Crippen LogP contribution >= 0.6 is 0 Å². The Morgan fingerprint density at radius 3 is 2.95 bits per heavy atom. The molecule has 0 bridgehead atoms. The first-order chi connectivity index (χ1) is 9.04. The number of nitriles is 1. The molecule has 1 fully saturated rings. The number of rotatable bonds is 3. The highest BCUT2D eigenvalue weighted by molar-refractivity contribution is 5.73. The van der Waals surface area contributed by atoms with Crippen LogP contribution in [0.3, 0.4) is 0 Å². The maximum Gasteiger partial charge on any atom is 0.311 e. The lowest BCUT2D eigenvalue weighted by atomic mass is 10.0. The number of halogens is 1. The fourth-order valence-electron chi connectivity index (χ4n) is 2.24. The molecule has 0 aromatic heterocycles. The number of anilines is 1. The van der Waals surface area contributed by atoms with Crippen LogP contribution in [0.4, 0.5) is 10.1 Å². The van der Waals surface area contributed by atoms with Crippen molar-refractivity contribution in [1.29, 1.82) is 5.26 Å². The van der Waals surface area contributed by atoms with Gasteiger partial charge in [-0.15, -0.1) is 0 Å². The Morgan fingerprint density at radius 1 is 1.58 bits per heavy atom. The van der Waals surface area contributed by atoms with Gasteiger partial charge in [0, 0.05) is 7.05 Å². The fourth-order valence-corrected chi connectivity index (χ4v) is 2.24. The van der Waals surface area contributed by atoms with Crippen LogP contribution in [0.2, 0.25) is 0 Å². The number of carboxylic acids is 1. The minimum Gasteiger partial charge on any atom is -0.481 e. The normalized spacial score (nSPS) is 21.9. The molecule has 0 aliphatic carbocycles. The Labute approximate surface area is 109 Å². The van der Waals surface area contributed by atoms with Crippen LogP contribution in [0.15, 0.2) is 18.2 Å². The van der Waals surface area contributed by atoms with Crippen molar-refractivity contribution in [1.82, 2.24) is 0 Å². The zero-order valence-electron chi connectivity index (χ0n) is 10.3. The molecule has 1 aliphatic heterocycles. The third kappa shape index (κ3) is 2.51. The summed E-state index contributed by atoms with van der Waals surface area (Å²) in [7, 11) is 1.68. The van der Waals surface area contributed by atoms with Crippen molar-refractivity contribution < 1.29 is 19.0 Å². The van der Waals surface area contributed by atoms with Gasteiger partial charge in [0.25, 0.3) is 0 Å². The highest BCUT2D eigenvalue weighted by atomic mass is 19.1. The predicted molar refractivity (Wildman–Crippen MR) is 65.3 cm³/mol. The number of likely N-dealkylation sites (N-methyl/N-ethyl adjacent to an activating group) is 1. The van der Waals surface area contributed by atoms with E-state index in [9.17, 15) is 9.18 Å². The summed E-state index contributed by atoms with van der Waals surface area (Å²) in [5.41, 5.74) is 0.684. The third-order valence-electron chi connectivity index (χ3n) is 3.32. The van der Waals surface area contributed by atoms with Gasteiger partial charge in [-0.3, -0.25) is 4.79 Å². The summed E-state index contributed by atoms with van der Waals surface area (Å²) in [6.45, 7) is 0.420. The van der Waals surface area contributed by atoms with Crippen molar-refractivity contribution in [2.24, 2.45) is 5.92 Å². The van der Waals surface area contributed by atoms with Crippen LogP contribution < -0.4 is 4.90 Å². The summed E-state index contributed by atoms with van der Waals surface area (Å²) in [6.07, 6.45) is 0. The summed E-state index contributed by atoms with van der Waals surface area (Å²) in [6, 6.07) is 5.41. The first kappa shape index (κ1) is 13.3. The number of hydrogen-bond acceptors (Lipinski definition) is 4. The molecule has 19 heavy (non-hydrogen) atoms. The van der Waals surface area contributed by atoms with Gasteiger partial charge in [0.15, 0.2) is 0 Å². The summed E-state index contributed by atoms with van der Waals surface area (Å²) in [5, 5.41) is 18.1. The molecule has 100 valence electrons. The summed E-state index contributed by atoms with van der Waals surface area (Å²) in [5.74, 6) is -2.08. The first-order valence-electron chi connectivity index (χ1n) is 5.77. The number of benzene rings is 1. The molecule has 0 spiro atoms. The first-order valence-corrected chi connectivity index (χ1v) is 5.77. The molecule has 2 unspecified atom stereocenters. The maximum atomic E-state index is 13.1. The molecule has 1 N–H and O–H groups in total. The molecular weight excluding hydrogens is 251 g/mol. The Bertz CT molecular complexity index is 541.